The van der Waals surface area contributed by atoms with Crippen molar-refractivity contribution in [2.45, 2.75) is 31.8 Å². The minimum Gasteiger partial charge on any atom is -0.482 e. The van der Waals surface area contributed by atoms with Crippen LogP contribution in [0.2, 0.25) is 0 Å². The summed E-state index contributed by atoms with van der Waals surface area (Å²) in [5, 5.41) is 7.33. The van der Waals surface area contributed by atoms with Crippen molar-refractivity contribution in [3.63, 3.8) is 0 Å². The van der Waals surface area contributed by atoms with E-state index in [0.717, 1.165) is 19.5 Å². The molecule has 1 unspecified atom stereocenters. The minimum atomic E-state index is -0.387. The number of nitrogens with one attached hydrogen (secondary N) is 1. The van der Waals surface area contributed by atoms with Crippen molar-refractivity contribution < 1.29 is 13.7 Å². The molecule has 1 aliphatic heterocycles. The fourth-order valence-corrected chi connectivity index (χ4v) is 3.35. The number of benzene rings is 1. The number of hydrogen-bond donors (Lipinski definition) is 1. The summed E-state index contributed by atoms with van der Waals surface area (Å²) in [4.78, 5) is 4.42. The molecule has 1 aromatic heterocycles. The van der Waals surface area contributed by atoms with E-state index in [1.807, 2.05) is 0 Å². The van der Waals surface area contributed by atoms with Gasteiger partial charge in [-0.3, -0.25) is 0 Å². The maximum absolute atomic E-state index is 13.5. The van der Waals surface area contributed by atoms with E-state index in [-0.39, 0.29) is 18.2 Å². The number of nitrogens with zero attached hydrogens (tertiary/aromatic N) is 2. The fraction of sp³-hybridized carbons (Fsp3) is 0.500. The summed E-state index contributed by atoms with van der Waals surface area (Å²) in [5.41, 5.74) is 0.363. The van der Waals surface area contributed by atoms with Crippen molar-refractivity contribution in [1.29, 1.82) is 0 Å². The number of aromatic nitrogens is 2. The van der Waals surface area contributed by atoms with Crippen molar-refractivity contribution in [3.8, 4) is 5.75 Å². The van der Waals surface area contributed by atoms with Crippen molar-refractivity contribution in [2.24, 2.45) is 5.41 Å². The molecule has 1 spiro atoms. The van der Waals surface area contributed by atoms with Crippen LogP contribution in [-0.2, 0) is 6.61 Å². The highest BCUT2D eigenvalue weighted by atomic mass is 19.1. The minimum absolute atomic E-state index is 0.117. The standard InChI is InChI=1S/C16H18FN3O2/c17-12-3-1-2-4-13(12)21-10-14-19-15(22-20-14)11-9-16(11)5-7-18-8-6-16/h1-4,11,18H,5-10H2. The van der Waals surface area contributed by atoms with Crippen LogP contribution >= 0.6 is 0 Å². The molecule has 1 aromatic carbocycles. The maximum Gasteiger partial charge on any atom is 0.230 e. The molecule has 5 nitrogen and oxygen atoms in total. The van der Waals surface area contributed by atoms with Crippen LogP contribution in [0, 0.1) is 11.2 Å². The lowest BCUT2D eigenvalue weighted by molar-refractivity contribution is 0.271. The quantitative estimate of drug-likeness (QED) is 0.941. The first-order valence-electron chi connectivity index (χ1n) is 7.67. The van der Waals surface area contributed by atoms with Crippen LogP contribution in [0.15, 0.2) is 28.8 Å². The monoisotopic (exact) mass is 303 g/mol. The summed E-state index contributed by atoms with van der Waals surface area (Å²) in [6, 6.07) is 6.30. The van der Waals surface area contributed by atoms with E-state index < -0.39 is 0 Å². The number of rotatable bonds is 4. The van der Waals surface area contributed by atoms with Crippen LogP contribution in [-0.4, -0.2) is 23.2 Å². The van der Waals surface area contributed by atoms with Gasteiger partial charge in [-0.1, -0.05) is 17.3 Å². The molecular formula is C16H18FN3O2. The summed E-state index contributed by atoms with van der Waals surface area (Å²) in [5.74, 6) is 1.37. The van der Waals surface area contributed by atoms with Gasteiger partial charge < -0.3 is 14.6 Å². The third kappa shape index (κ3) is 2.47. The SMILES string of the molecule is Fc1ccccc1OCc1noc(C2CC23CCNCC3)n1. The molecule has 4 rings (SSSR count). The Kier molecular flexibility index (Phi) is 3.33. The van der Waals surface area contributed by atoms with Gasteiger partial charge in [0.2, 0.25) is 11.7 Å². The number of ether oxygens (including phenoxy) is 1. The largest absolute Gasteiger partial charge is 0.482 e. The summed E-state index contributed by atoms with van der Waals surface area (Å²) in [7, 11) is 0. The number of hydrogen-bond acceptors (Lipinski definition) is 5. The zero-order valence-corrected chi connectivity index (χ0v) is 12.2. The van der Waals surface area contributed by atoms with Crippen LogP contribution in [0.3, 0.4) is 0 Å². The second kappa shape index (κ2) is 5.35. The fourth-order valence-electron chi connectivity index (χ4n) is 3.35. The second-order valence-corrected chi connectivity index (χ2v) is 6.14. The highest BCUT2D eigenvalue weighted by molar-refractivity contribution is 5.23. The smallest absolute Gasteiger partial charge is 0.230 e. The lowest BCUT2D eigenvalue weighted by Gasteiger charge is -2.22. The molecule has 22 heavy (non-hydrogen) atoms. The molecule has 1 aliphatic carbocycles. The van der Waals surface area contributed by atoms with Crippen LogP contribution in [0.5, 0.6) is 5.75 Å². The Labute approximate surface area is 127 Å². The van der Waals surface area contributed by atoms with E-state index in [9.17, 15) is 4.39 Å². The number of para-hydroxylation sites is 1. The molecule has 6 heteroatoms. The summed E-state index contributed by atoms with van der Waals surface area (Å²) < 4.78 is 24.3. The highest BCUT2D eigenvalue weighted by Crippen LogP contribution is 2.63. The van der Waals surface area contributed by atoms with Crippen LogP contribution in [0.25, 0.3) is 0 Å². The number of halogens is 1. The molecule has 2 aliphatic rings. The van der Waals surface area contributed by atoms with E-state index >= 15 is 0 Å². The topological polar surface area (TPSA) is 60.2 Å². The Morgan fingerprint density at radius 1 is 1.32 bits per heavy atom. The summed E-state index contributed by atoms with van der Waals surface area (Å²) in [6.07, 6.45) is 3.46. The Morgan fingerprint density at radius 3 is 2.95 bits per heavy atom. The van der Waals surface area contributed by atoms with E-state index in [1.165, 1.54) is 18.9 Å². The highest BCUT2D eigenvalue weighted by Gasteiger charge is 2.57. The van der Waals surface area contributed by atoms with Gasteiger partial charge in [0.25, 0.3) is 0 Å². The van der Waals surface area contributed by atoms with Crippen LogP contribution in [0.1, 0.15) is 36.9 Å². The molecule has 2 aromatic rings. The second-order valence-electron chi connectivity index (χ2n) is 6.14. The van der Waals surface area contributed by atoms with Gasteiger partial charge >= 0.3 is 0 Å². The zero-order valence-electron chi connectivity index (χ0n) is 12.2. The predicted octanol–water partition coefficient (Wildman–Crippen LogP) is 2.64. The van der Waals surface area contributed by atoms with Crippen molar-refractivity contribution in [1.82, 2.24) is 15.5 Å². The lowest BCUT2D eigenvalue weighted by Crippen LogP contribution is -2.29. The lowest BCUT2D eigenvalue weighted by atomic mass is 9.92. The van der Waals surface area contributed by atoms with Gasteiger partial charge in [-0.05, 0) is 49.9 Å². The van der Waals surface area contributed by atoms with Crippen molar-refractivity contribution in [2.75, 3.05) is 13.1 Å². The third-order valence-corrected chi connectivity index (χ3v) is 4.76. The first-order chi connectivity index (χ1) is 10.8. The Bertz CT molecular complexity index is 667. The van der Waals surface area contributed by atoms with Gasteiger partial charge in [-0.2, -0.15) is 4.98 Å². The van der Waals surface area contributed by atoms with Gasteiger partial charge in [-0.15, -0.1) is 0 Å². The molecule has 0 bridgehead atoms. The van der Waals surface area contributed by atoms with Gasteiger partial charge in [0.15, 0.2) is 18.2 Å². The summed E-state index contributed by atoms with van der Waals surface area (Å²) in [6.45, 7) is 2.24. The van der Waals surface area contributed by atoms with E-state index in [4.69, 9.17) is 9.26 Å². The Morgan fingerprint density at radius 2 is 2.14 bits per heavy atom. The molecule has 2 heterocycles. The molecule has 1 atom stereocenters. The molecule has 116 valence electrons. The normalized spacial score (nSPS) is 22.7. The summed E-state index contributed by atoms with van der Waals surface area (Å²) >= 11 is 0. The molecule has 0 radical (unpaired) electrons. The van der Waals surface area contributed by atoms with Gasteiger partial charge in [0.1, 0.15) is 0 Å². The van der Waals surface area contributed by atoms with E-state index in [2.05, 4.69) is 15.5 Å². The average molecular weight is 303 g/mol. The Hall–Kier alpha value is -1.95. The molecule has 0 amide bonds. The van der Waals surface area contributed by atoms with E-state index in [1.54, 1.807) is 18.2 Å². The average Bonchev–Trinajstić information content (AvgIpc) is 3.02. The van der Waals surface area contributed by atoms with Gasteiger partial charge in [0, 0.05) is 5.92 Å². The third-order valence-electron chi connectivity index (χ3n) is 4.76. The molecule has 1 saturated heterocycles. The molecule has 1 N–H and O–H groups in total. The van der Waals surface area contributed by atoms with Crippen LogP contribution < -0.4 is 10.1 Å². The zero-order chi connectivity index (χ0) is 15.0. The van der Waals surface area contributed by atoms with Gasteiger partial charge in [-0.25, -0.2) is 4.39 Å². The van der Waals surface area contributed by atoms with Crippen molar-refractivity contribution >= 4 is 0 Å². The van der Waals surface area contributed by atoms with E-state index in [0.29, 0.717) is 23.0 Å². The predicted molar refractivity (Wildman–Crippen MR) is 76.9 cm³/mol. The van der Waals surface area contributed by atoms with Gasteiger partial charge in [0.05, 0.1) is 0 Å². The molecule has 1 saturated carbocycles. The maximum atomic E-state index is 13.5. The number of piperidine rings is 1. The first-order valence-corrected chi connectivity index (χ1v) is 7.67. The van der Waals surface area contributed by atoms with Crippen molar-refractivity contribution in [3.05, 3.63) is 41.8 Å². The Balaban J connectivity index is 1.39. The molecular weight excluding hydrogens is 285 g/mol. The molecule has 2 fully saturated rings. The van der Waals surface area contributed by atoms with Crippen LogP contribution in [0.4, 0.5) is 4.39 Å². The first kappa shape index (κ1) is 13.7.